The number of quaternary nitrogens is 1. The van der Waals surface area contributed by atoms with Crippen LogP contribution >= 0.6 is 7.82 Å². The first-order valence-corrected chi connectivity index (χ1v) is 34.2. The summed E-state index contributed by atoms with van der Waals surface area (Å²) in [4.78, 5) is 37.8. The van der Waals surface area contributed by atoms with E-state index in [2.05, 4.69) is 123 Å². The number of nitrogens with zero attached hydrogens (tertiary/aromatic N) is 1. The van der Waals surface area contributed by atoms with Gasteiger partial charge in [0.1, 0.15) is 19.3 Å². The van der Waals surface area contributed by atoms with Crippen LogP contribution in [-0.2, 0) is 27.9 Å². The van der Waals surface area contributed by atoms with Crippen LogP contribution in [0.4, 0.5) is 0 Å². The highest BCUT2D eigenvalue weighted by molar-refractivity contribution is 7.47. The second kappa shape index (κ2) is 58.9. The van der Waals surface area contributed by atoms with Gasteiger partial charge in [0.15, 0.2) is 0 Å². The molecule has 0 fully saturated rings. The summed E-state index contributed by atoms with van der Waals surface area (Å²) >= 11 is 0. The Morgan fingerprint density at radius 3 is 1.23 bits per heavy atom. The van der Waals surface area contributed by atoms with Crippen LogP contribution in [0.1, 0.15) is 271 Å². The van der Waals surface area contributed by atoms with Crippen molar-refractivity contribution < 1.29 is 37.3 Å². The van der Waals surface area contributed by atoms with Crippen molar-refractivity contribution in [2.24, 2.45) is 0 Å². The van der Waals surface area contributed by atoms with Gasteiger partial charge in [0, 0.05) is 12.8 Å². The molecule has 0 saturated heterocycles. The molecule has 0 bridgehead atoms. The van der Waals surface area contributed by atoms with Gasteiger partial charge < -0.3 is 19.4 Å². The van der Waals surface area contributed by atoms with Gasteiger partial charge in [-0.25, -0.2) is 4.57 Å². The Kier molecular flexibility index (Phi) is 56.4. The van der Waals surface area contributed by atoms with Gasteiger partial charge in [0.05, 0.1) is 33.8 Å². The number of hydrogen-bond donors (Lipinski definition) is 2. The Morgan fingerprint density at radius 2 is 0.800 bits per heavy atom. The molecule has 3 unspecified atom stereocenters. The van der Waals surface area contributed by atoms with Crippen molar-refractivity contribution in [3.63, 3.8) is 0 Å². The maximum absolute atomic E-state index is 13.6. The number of carbonyl (C=O) groups excluding carboxylic acids is 2. The lowest BCUT2D eigenvalue weighted by Crippen LogP contribution is -2.47. The maximum Gasteiger partial charge on any atom is 0.472 e. The first kappa shape index (κ1) is 76.7. The lowest BCUT2D eigenvalue weighted by molar-refractivity contribution is -0.870. The highest BCUT2D eigenvalue weighted by Crippen LogP contribution is 2.43. The summed E-state index contributed by atoms with van der Waals surface area (Å²) in [6.45, 7) is 6.85. The van der Waals surface area contributed by atoms with Crippen LogP contribution in [0.2, 0.25) is 0 Å². The van der Waals surface area contributed by atoms with E-state index in [0.29, 0.717) is 17.4 Å². The van der Waals surface area contributed by atoms with E-state index >= 15 is 0 Å². The minimum Gasteiger partial charge on any atom is -0.456 e. The minimum atomic E-state index is -4.47. The molecule has 0 aromatic heterocycles. The fourth-order valence-electron chi connectivity index (χ4n) is 8.91. The fourth-order valence-corrected chi connectivity index (χ4v) is 9.65. The molecule has 1 amide bonds. The lowest BCUT2D eigenvalue weighted by atomic mass is 10.0. The van der Waals surface area contributed by atoms with Crippen molar-refractivity contribution in [3.8, 4) is 0 Å². The van der Waals surface area contributed by atoms with E-state index in [1.165, 1.54) is 103 Å². The van der Waals surface area contributed by atoms with Gasteiger partial charge in [-0.15, -0.1) is 0 Å². The zero-order valence-corrected chi connectivity index (χ0v) is 53.4. The topological polar surface area (TPSA) is 111 Å². The number of ether oxygens (including phenoxy) is 1. The number of phosphoric ester groups is 1. The number of allylic oxidation sites excluding steroid dienone is 17. The number of rotatable bonds is 58. The van der Waals surface area contributed by atoms with Crippen LogP contribution in [0.3, 0.4) is 0 Å². The van der Waals surface area contributed by atoms with Crippen LogP contribution in [-0.4, -0.2) is 74.3 Å². The maximum atomic E-state index is 13.6. The highest BCUT2D eigenvalue weighted by atomic mass is 31.2. The summed E-state index contributed by atoms with van der Waals surface area (Å²) in [7, 11) is 1.46. The van der Waals surface area contributed by atoms with E-state index in [4.69, 9.17) is 13.8 Å². The van der Waals surface area contributed by atoms with Crippen LogP contribution in [0, 0.1) is 0 Å². The number of esters is 1. The van der Waals surface area contributed by atoms with Gasteiger partial charge in [-0.3, -0.25) is 18.6 Å². The van der Waals surface area contributed by atoms with Crippen LogP contribution in [0.5, 0.6) is 0 Å². The van der Waals surface area contributed by atoms with Gasteiger partial charge in [-0.1, -0.05) is 252 Å². The van der Waals surface area contributed by atoms with Crippen molar-refractivity contribution in [1.82, 2.24) is 5.32 Å². The molecule has 0 aliphatic carbocycles. The first-order chi connectivity index (χ1) is 38.9. The normalized spacial score (nSPS) is 14.3. The molecular formula is C70H124N2O7P+. The summed E-state index contributed by atoms with van der Waals surface area (Å²) in [6, 6.07) is -0.869. The van der Waals surface area contributed by atoms with Crippen LogP contribution in [0.25, 0.3) is 0 Å². The molecule has 0 aliphatic rings. The zero-order valence-electron chi connectivity index (χ0n) is 52.5. The van der Waals surface area contributed by atoms with Crippen molar-refractivity contribution in [2.75, 3.05) is 40.9 Å². The molecule has 0 heterocycles. The second-order valence-corrected chi connectivity index (χ2v) is 24.4. The van der Waals surface area contributed by atoms with E-state index in [1.54, 1.807) is 0 Å². The van der Waals surface area contributed by atoms with Crippen molar-refractivity contribution in [3.05, 3.63) is 109 Å². The third-order valence-electron chi connectivity index (χ3n) is 13.9. The van der Waals surface area contributed by atoms with Gasteiger partial charge in [-0.2, -0.15) is 0 Å². The molecule has 10 heteroatoms. The highest BCUT2D eigenvalue weighted by Gasteiger charge is 2.30. The van der Waals surface area contributed by atoms with E-state index in [-0.39, 0.29) is 31.5 Å². The number of unbranched alkanes of at least 4 members (excludes halogenated alkanes) is 26. The zero-order chi connectivity index (χ0) is 58.6. The lowest BCUT2D eigenvalue weighted by Gasteiger charge is -2.27. The summed E-state index contributed by atoms with van der Waals surface area (Å²) in [6.07, 6.45) is 80.8. The van der Waals surface area contributed by atoms with E-state index in [0.717, 1.165) is 135 Å². The average molecular weight is 1140 g/mol. The molecule has 0 saturated carbocycles. The van der Waals surface area contributed by atoms with Gasteiger partial charge >= 0.3 is 13.8 Å². The number of amides is 1. The van der Waals surface area contributed by atoms with Crippen molar-refractivity contribution in [2.45, 2.75) is 283 Å². The molecule has 0 rings (SSSR count). The summed E-state index contributed by atoms with van der Waals surface area (Å²) < 4.78 is 30.7. The molecule has 3 atom stereocenters. The Bertz CT molecular complexity index is 1740. The quantitative estimate of drug-likeness (QED) is 0.0205. The number of nitrogens with one attached hydrogen (secondary N) is 1. The Labute approximate surface area is 493 Å². The standard InChI is InChI=1S/C70H123N2O7P/c1-7-10-13-16-19-22-25-28-30-32-34-36-38-40-42-44-47-50-53-56-59-62-69(73)71-67(66-78-80(75,76)77-65-64-72(4,5)6)68(61-58-55-52-49-46-27-24-21-18-15-12-9-3)79-70(74)63-60-57-54-51-48-45-43-41-39-37-35-33-31-29-26-23-20-17-14-11-8-2/h10,13,19-20,22-23,28-31,34-37,40,42,58,61,67-68H,7-9,11-12,14-18,21,24-27,32-33,38-39,41,43-57,59-60,62-66H2,1-6H3,(H-,71,73,75,76)/p+1/b13-10-,22-19-,23-20-,30-28-,31-29-,36-34-,37-35-,42-40-,61-58+. The summed E-state index contributed by atoms with van der Waals surface area (Å²) in [5.74, 6) is -0.538. The number of carbonyl (C=O) groups is 2. The first-order valence-electron chi connectivity index (χ1n) is 32.7. The third kappa shape index (κ3) is 59.3. The monoisotopic (exact) mass is 1140 g/mol. The molecule has 9 nitrogen and oxygen atoms in total. The van der Waals surface area contributed by atoms with Crippen molar-refractivity contribution >= 4 is 19.7 Å². The predicted octanol–water partition coefficient (Wildman–Crippen LogP) is 20.5. The van der Waals surface area contributed by atoms with E-state index < -0.39 is 20.0 Å². The minimum absolute atomic E-state index is 0.0294. The number of likely N-dealkylation sites (N-methyl/N-ethyl adjacent to an activating group) is 1. The molecule has 0 radical (unpaired) electrons. The smallest absolute Gasteiger partial charge is 0.456 e. The van der Waals surface area contributed by atoms with Gasteiger partial charge in [-0.05, 0) is 115 Å². The second-order valence-electron chi connectivity index (χ2n) is 22.9. The SMILES string of the molecule is CC/C=C\C/C=C\C/C=C\C/C=C\C/C=C\CCCCCCCC(=O)NC(COP(=O)(O)OCC[N+](C)(C)C)C(/C=C/CCCCCCCCCCCC)OC(=O)CCCCCCCCCC/C=C\C/C=C\C/C=C\CCCCC. The molecule has 0 spiro atoms. The molecule has 2 N–H and O–H groups in total. The summed E-state index contributed by atoms with van der Waals surface area (Å²) in [5, 5.41) is 3.05. The Hall–Kier alpha value is -3.33. The van der Waals surface area contributed by atoms with Crippen LogP contribution < -0.4 is 5.32 Å². The third-order valence-corrected chi connectivity index (χ3v) is 14.9. The average Bonchev–Trinajstić information content (AvgIpc) is 3.42. The predicted molar refractivity (Wildman–Crippen MR) is 346 cm³/mol. The van der Waals surface area contributed by atoms with Crippen LogP contribution in [0.15, 0.2) is 109 Å². The van der Waals surface area contributed by atoms with Gasteiger partial charge in [0.2, 0.25) is 5.91 Å². The van der Waals surface area contributed by atoms with Gasteiger partial charge in [0.25, 0.3) is 0 Å². The summed E-state index contributed by atoms with van der Waals surface area (Å²) in [5.41, 5.74) is 0. The number of hydrogen-bond acceptors (Lipinski definition) is 6. The van der Waals surface area contributed by atoms with E-state index in [9.17, 15) is 19.0 Å². The fraction of sp³-hybridized carbons (Fsp3) is 0.714. The molecule has 80 heavy (non-hydrogen) atoms. The Morgan fingerprint density at radius 1 is 0.450 bits per heavy atom. The molecule has 0 aromatic carbocycles. The molecule has 0 aromatic rings. The molecule has 460 valence electrons. The largest absolute Gasteiger partial charge is 0.472 e. The van der Waals surface area contributed by atoms with Crippen molar-refractivity contribution in [1.29, 1.82) is 0 Å². The van der Waals surface area contributed by atoms with E-state index in [1.807, 2.05) is 33.3 Å². The number of phosphoric acid groups is 1. The molecular weight excluding hydrogens is 1010 g/mol. The molecule has 0 aliphatic heterocycles. The Balaban J connectivity index is 5.26.